The Hall–Kier alpha value is -2.89. The van der Waals surface area contributed by atoms with Gasteiger partial charge in [-0.1, -0.05) is 12.1 Å². The Kier molecular flexibility index (Phi) is 4.66. The van der Waals surface area contributed by atoms with Gasteiger partial charge in [-0.2, -0.15) is 0 Å². The van der Waals surface area contributed by atoms with Crippen LogP contribution in [0.1, 0.15) is 49.3 Å². The van der Waals surface area contributed by atoms with E-state index in [9.17, 15) is 0 Å². The van der Waals surface area contributed by atoms with E-state index >= 15 is 0 Å². The third-order valence-electron chi connectivity index (χ3n) is 7.16. The van der Waals surface area contributed by atoms with E-state index in [0.717, 1.165) is 47.7 Å². The highest BCUT2D eigenvalue weighted by Gasteiger charge is 2.27. The standard InChI is InChI=1S/C25H26BN5/c26-23-21-9-11-31(25(21)29-15-28-23)20-8-6-16(12-20)3-4-17-5-7-18-14-19-2-1-10-27-24(19)30-22(18)13-17/h5,7,9,11,13-16,20H,1-4,6,8,10,12H2,(H,27,30). The fourth-order valence-corrected chi connectivity index (χ4v) is 5.46. The van der Waals surface area contributed by atoms with E-state index in [0.29, 0.717) is 11.6 Å². The lowest BCUT2D eigenvalue weighted by molar-refractivity contribution is 0.461. The number of pyridine rings is 1. The Balaban J connectivity index is 1.14. The van der Waals surface area contributed by atoms with Crippen LogP contribution >= 0.6 is 0 Å². The van der Waals surface area contributed by atoms with Gasteiger partial charge in [0.15, 0.2) is 0 Å². The first kappa shape index (κ1) is 18.8. The van der Waals surface area contributed by atoms with E-state index in [2.05, 4.69) is 50.3 Å². The van der Waals surface area contributed by atoms with Crippen molar-refractivity contribution in [2.45, 2.75) is 51.0 Å². The normalized spacial score (nSPS) is 20.8. The molecule has 6 rings (SSSR count). The second-order valence-corrected chi connectivity index (χ2v) is 9.14. The molecule has 0 spiro atoms. The highest BCUT2D eigenvalue weighted by Crippen LogP contribution is 2.38. The number of aromatic nitrogens is 4. The lowest BCUT2D eigenvalue weighted by atomic mass is 9.96. The zero-order valence-corrected chi connectivity index (χ0v) is 17.7. The first-order chi connectivity index (χ1) is 15.2. The average molecular weight is 407 g/mol. The molecule has 5 nitrogen and oxygen atoms in total. The fraction of sp³-hybridized carbons (Fsp3) is 0.400. The van der Waals surface area contributed by atoms with Crippen LogP contribution in [0, 0.1) is 5.92 Å². The molecule has 2 radical (unpaired) electrons. The van der Waals surface area contributed by atoms with Crippen molar-refractivity contribution < 1.29 is 0 Å². The first-order valence-electron chi connectivity index (χ1n) is 11.5. The molecule has 0 bridgehead atoms. The molecule has 1 fully saturated rings. The van der Waals surface area contributed by atoms with Crippen LogP contribution in [-0.4, -0.2) is 33.9 Å². The van der Waals surface area contributed by atoms with E-state index in [-0.39, 0.29) is 0 Å². The Labute approximate surface area is 183 Å². The quantitative estimate of drug-likeness (QED) is 0.518. The summed E-state index contributed by atoms with van der Waals surface area (Å²) in [4.78, 5) is 13.5. The molecule has 3 aromatic heterocycles. The van der Waals surface area contributed by atoms with Crippen molar-refractivity contribution in [3.63, 3.8) is 0 Å². The van der Waals surface area contributed by atoms with E-state index in [4.69, 9.17) is 12.8 Å². The molecule has 2 unspecified atom stereocenters. The van der Waals surface area contributed by atoms with Crippen LogP contribution in [0.4, 0.5) is 5.82 Å². The molecule has 1 aromatic carbocycles. The van der Waals surface area contributed by atoms with Crippen LogP contribution in [0.2, 0.25) is 0 Å². The second kappa shape index (κ2) is 7.67. The van der Waals surface area contributed by atoms with Gasteiger partial charge in [0.1, 0.15) is 25.6 Å². The van der Waals surface area contributed by atoms with Crippen LogP contribution < -0.4 is 10.9 Å². The molecule has 1 N–H and O–H groups in total. The third kappa shape index (κ3) is 3.48. The molecule has 2 aliphatic rings. The van der Waals surface area contributed by atoms with Gasteiger partial charge in [0.2, 0.25) is 0 Å². The van der Waals surface area contributed by atoms with Crippen molar-refractivity contribution in [3.8, 4) is 0 Å². The van der Waals surface area contributed by atoms with Gasteiger partial charge in [0, 0.05) is 35.1 Å². The summed E-state index contributed by atoms with van der Waals surface area (Å²) in [5.74, 6) is 1.83. The van der Waals surface area contributed by atoms with Gasteiger partial charge in [-0.25, -0.2) is 9.97 Å². The zero-order valence-electron chi connectivity index (χ0n) is 17.7. The number of rotatable bonds is 4. The summed E-state index contributed by atoms with van der Waals surface area (Å²) in [6, 6.07) is 11.7. The first-order valence-corrected chi connectivity index (χ1v) is 11.5. The summed E-state index contributed by atoms with van der Waals surface area (Å²) in [5, 5.41) is 5.68. The van der Waals surface area contributed by atoms with Gasteiger partial charge in [-0.05, 0) is 80.2 Å². The largest absolute Gasteiger partial charge is 0.370 e. The lowest BCUT2D eigenvalue weighted by Crippen LogP contribution is -2.13. The Morgan fingerprint density at radius 2 is 2.10 bits per heavy atom. The number of nitrogens with zero attached hydrogens (tertiary/aromatic N) is 4. The summed E-state index contributed by atoms with van der Waals surface area (Å²) in [7, 11) is 6.01. The number of hydrogen-bond donors (Lipinski definition) is 1. The minimum atomic E-state index is 0.507. The molecule has 2 atom stereocenters. The van der Waals surface area contributed by atoms with Crippen LogP contribution in [0.15, 0.2) is 42.9 Å². The number of nitrogens with one attached hydrogen (secondary N) is 1. The monoisotopic (exact) mass is 407 g/mol. The topological polar surface area (TPSA) is 55.6 Å². The van der Waals surface area contributed by atoms with Gasteiger partial charge in [0.25, 0.3) is 0 Å². The van der Waals surface area contributed by atoms with Gasteiger partial charge in [0.05, 0.1) is 5.52 Å². The summed E-state index contributed by atoms with van der Waals surface area (Å²) in [6.07, 6.45) is 12.0. The minimum Gasteiger partial charge on any atom is -0.370 e. The van der Waals surface area contributed by atoms with E-state index < -0.39 is 0 Å². The third-order valence-corrected chi connectivity index (χ3v) is 7.16. The fourth-order valence-electron chi connectivity index (χ4n) is 5.46. The highest BCUT2D eigenvalue weighted by molar-refractivity contribution is 6.36. The van der Waals surface area contributed by atoms with Gasteiger partial charge in [-0.3, -0.25) is 4.98 Å². The van der Waals surface area contributed by atoms with Crippen molar-refractivity contribution in [1.82, 2.24) is 19.5 Å². The van der Waals surface area contributed by atoms with E-state index in [1.807, 2.05) is 6.07 Å². The predicted octanol–water partition coefficient (Wildman–Crippen LogP) is 4.11. The molecule has 0 amide bonds. The van der Waals surface area contributed by atoms with Crippen LogP contribution in [0.3, 0.4) is 0 Å². The minimum absolute atomic E-state index is 0.507. The molecule has 6 heteroatoms. The van der Waals surface area contributed by atoms with Gasteiger partial charge >= 0.3 is 0 Å². The number of benzene rings is 1. The Bertz CT molecular complexity index is 1260. The van der Waals surface area contributed by atoms with Crippen LogP contribution in [-0.2, 0) is 12.8 Å². The summed E-state index contributed by atoms with van der Waals surface area (Å²) in [6.45, 7) is 1.03. The molecule has 31 heavy (non-hydrogen) atoms. The Morgan fingerprint density at radius 1 is 1.13 bits per heavy atom. The van der Waals surface area contributed by atoms with Crippen molar-refractivity contribution in [2.24, 2.45) is 5.92 Å². The zero-order chi connectivity index (χ0) is 20.8. The molecular weight excluding hydrogens is 381 g/mol. The van der Waals surface area contributed by atoms with E-state index in [1.54, 1.807) is 6.33 Å². The van der Waals surface area contributed by atoms with Crippen LogP contribution in [0.5, 0.6) is 0 Å². The summed E-state index contributed by atoms with van der Waals surface area (Å²) >= 11 is 0. The van der Waals surface area contributed by atoms with Crippen molar-refractivity contribution in [2.75, 3.05) is 11.9 Å². The second-order valence-electron chi connectivity index (χ2n) is 9.14. The summed E-state index contributed by atoms with van der Waals surface area (Å²) in [5.41, 5.74) is 5.40. The summed E-state index contributed by atoms with van der Waals surface area (Å²) < 4.78 is 2.31. The molecule has 154 valence electrons. The average Bonchev–Trinajstić information content (AvgIpc) is 3.44. The molecule has 4 aromatic rings. The molecule has 1 saturated carbocycles. The molecule has 1 aliphatic carbocycles. The van der Waals surface area contributed by atoms with Crippen molar-refractivity contribution in [3.05, 3.63) is 54.0 Å². The lowest BCUT2D eigenvalue weighted by Gasteiger charge is -2.18. The highest BCUT2D eigenvalue weighted by atomic mass is 15.1. The smallest absolute Gasteiger partial charge is 0.142 e. The number of aryl methyl sites for hydroxylation is 2. The van der Waals surface area contributed by atoms with Gasteiger partial charge < -0.3 is 9.88 Å². The molecule has 0 saturated heterocycles. The maximum Gasteiger partial charge on any atom is 0.142 e. The number of hydrogen-bond acceptors (Lipinski definition) is 4. The van der Waals surface area contributed by atoms with Crippen molar-refractivity contribution in [1.29, 1.82) is 0 Å². The molecule has 4 heterocycles. The van der Waals surface area contributed by atoms with E-state index in [1.165, 1.54) is 48.6 Å². The molecule has 1 aliphatic heterocycles. The van der Waals surface area contributed by atoms with Crippen molar-refractivity contribution >= 4 is 41.2 Å². The molecular formula is C25H26BN5. The number of anilines is 1. The van der Waals surface area contributed by atoms with Crippen LogP contribution in [0.25, 0.3) is 21.9 Å². The van der Waals surface area contributed by atoms with Gasteiger partial charge in [-0.15, -0.1) is 0 Å². The Morgan fingerprint density at radius 3 is 3.06 bits per heavy atom. The maximum atomic E-state index is 6.01. The SMILES string of the molecule is [B]c1ncnc2c1ccn2C1CCC(CCc2ccc3cc4c(nc3c2)NCCC4)C1. The number of fused-ring (bicyclic) bond motifs is 3. The maximum absolute atomic E-state index is 6.01. The predicted molar refractivity (Wildman–Crippen MR) is 126 cm³/mol.